The largest absolute Gasteiger partial charge is 0.376 e. The van der Waals surface area contributed by atoms with Crippen molar-refractivity contribution in [3.05, 3.63) is 0 Å². The Morgan fingerprint density at radius 2 is 1.67 bits per heavy atom. The third kappa shape index (κ3) is 9.86. The molecule has 0 aromatic heterocycles. The van der Waals surface area contributed by atoms with Crippen LogP contribution in [0.4, 0.5) is 0 Å². The van der Waals surface area contributed by atoms with Crippen LogP contribution in [0.3, 0.4) is 0 Å². The lowest BCUT2D eigenvalue weighted by Crippen LogP contribution is -2.44. The molecule has 27 heavy (non-hydrogen) atoms. The Morgan fingerprint density at radius 1 is 1.00 bits per heavy atom. The highest BCUT2D eigenvalue weighted by molar-refractivity contribution is 5.85. The van der Waals surface area contributed by atoms with Gasteiger partial charge in [-0.1, -0.05) is 13.8 Å². The maximum absolute atomic E-state index is 12.2. The lowest BCUT2D eigenvalue weighted by Gasteiger charge is -2.29. The molecule has 2 N–H and O–H groups in total. The first kappa shape index (κ1) is 23.6. The van der Waals surface area contributed by atoms with E-state index in [0.29, 0.717) is 19.0 Å². The van der Waals surface area contributed by atoms with Crippen molar-refractivity contribution in [2.45, 2.75) is 71.9 Å². The molecule has 1 fully saturated rings. The Kier molecular flexibility index (Phi) is 11.2. The lowest BCUT2D eigenvalue weighted by molar-refractivity contribution is -0.130. The second-order valence-corrected chi connectivity index (χ2v) is 7.58. The quantitative estimate of drug-likeness (QED) is 0.501. The number of ketones is 1. The molecular weight excluding hydrogens is 348 g/mol. The van der Waals surface area contributed by atoms with E-state index in [9.17, 15) is 14.4 Å². The Balaban J connectivity index is 2.13. The van der Waals surface area contributed by atoms with Crippen molar-refractivity contribution in [3.8, 4) is 0 Å². The van der Waals surface area contributed by atoms with Crippen molar-refractivity contribution >= 4 is 17.6 Å². The zero-order valence-electron chi connectivity index (χ0n) is 17.2. The molecule has 1 unspecified atom stereocenters. The lowest BCUT2D eigenvalue weighted by atomic mass is 9.79. The van der Waals surface area contributed by atoms with Crippen LogP contribution in [0.15, 0.2) is 0 Å². The fraction of sp³-hybridized carbons (Fsp3) is 0.850. The molecule has 0 saturated heterocycles. The van der Waals surface area contributed by atoms with Crippen LogP contribution in [0.1, 0.15) is 59.8 Å². The first-order valence-corrected chi connectivity index (χ1v) is 10.1. The summed E-state index contributed by atoms with van der Waals surface area (Å²) in [5.74, 6) is 0.0780. The van der Waals surface area contributed by atoms with Crippen LogP contribution in [0.2, 0.25) is 0 Å². The van der Waals surface area contributed by atoms with E-state index >= 15 is 0 Å². The van der Waals surface area contributed by atoms with Crippen LogP contribution in [-0.2, 0) is 23.9 Å². The molecule has 0 radical (unpaired) electrons. The fourth-order valence-electron chi connectivity index (χ4n) is 3.14. The number of hydrogen-bond donors (Lipinski definition) is 2. The molecule has 0 spiro atoms. The summed E-state index contributed by atoms with van der Waals surface area (Å²) in [6.45, 7) is 8.52. The number of carbonyl (C=O) groups excluding carboxylic acids is 3. The van der Waals surface area contributed by atoms with Crippen molar-refractivity contribution < 1.29 is 23.9 Å². The number of carbonyl (C=O) groups is 3. The molecule has 0 aliphatic heterocycles. The van der Waals surface area contributed by atoms with E-state index in [2.05, 4.69) is 10.6 Å². The summed E-state index contributed by atoms with van der Waals surface area (Å²) < 4.78 is 10.5. The van der Waals surface area contributed by atoms with Gasteiger partial charge in [-0.25, -0.2) is 0 Å². The second-order valence-electron chi connectivity index (χ2n) is 7.58. The molecule has 0 bridgehead atoms. The fourth-order valence-corrected chi connectivity index (χ4v) is 3.14. The minimum atomic E-state index is -0.322. The van der Waals surface area contributed by atoms with E-state index in [1.54, 1.807) is 0 Å². The molecule has 0 heterocycles. The minimum Gasteiger partial charge on any atom is -0.376 e. The summed E-state index contributed by atoms with van der Waals surface area (Å²) in [7, 11) is 0. The van der Waals surface area contributed by atoms with Gasteiger partial charge in [-0.3, -0.25) is 14.4 Å². The zero-order chi connectivity index (χ0) is 20.2. The summed E-state index contributed by atoms with van der Waals surface area (Å²) in [5.41, 5.74) is 0. The van der Waals surface area contributed by atoms with Crippen molar-refractivity contribution in [2.24, 2.45) is 11.8 Å². The molecule has 156 valence electrons. The summed E-state index contributed by atoms with van der Waals surface area (Å²) in [4.78, 5) is 35.9. The zero-order valence-corrected chi connectivity index (χ0v) is 17.2. The van der Waals surface area contributed by atoms with Crippen molar-refractivity contribution in [2.75, 3.05) is 26.4 Å². The van der Waals surface area contributed by atoms with E-state index in [1.165, 1.54) is 0 Å². The van der Waals surface area contributed by atoms with Crippen LogP contribution >= 0.6 is 0 Å². The molecule has 1 saturated carbocycles. The van der Waals surface area contributed by atoms with Gasteiger partial charge < -0.3 is 20.1 Å². The highest BCUT2D eigenvalue weighted by Gasteiger charge is 2.28. The third-order valence-corrected chi connectivity index (χ3v) is 4.95. The number of amides is 2. The van der Waals surface area contributed by atoms with Gasteiger partial charge in [0.15, 0.2) is 0 Å². The molecule has 7 heteroatoms. The van der Waals surface area contributed by atoms with E-state index < -0.39 is 0 Å². The van der Waals surface area contributed by atoms with Gasteiger partial charge in [0, 0.05) is 17.9 Å². The Morgan fingerprint density at radius 3 is 2.26 bits per heavy atom. The van der Waals surface area contributed by atoms with Gasteiger partial charge in [0.25, 0.3) is 0 Å². The van der Waals surface area contributed by atoms with Crippen LogP contribution < -0.4 is 10.6 Å². The summed E-state index contributed by atoms with van der Waals surface area (Å²) >= 11 is 0. The van der Waals surface area contributed by atoms with E-state index in [4.69, 9.17) is 9.47 Å². The topological polar surface area (TPSA) is 93.7 Å². The molecule has 7 nitrogen and oxygen atoms in total. The summed E-state index contributed by atoms with van der Waals surface area (Å²) in [5, 5.41) is 5.49. The standard InChI is InChI=1S/C20H36N2O5/c1-5-15(4)20(25)16-6-8-17(9-7-16)22-18(23)12-21-19(24)13-26-10-11-27-14(2)3/h14-17H,5-13H2,1-4H3,(H,21,24)(H,22,23). The van der Waals surface area contributed by atoms with E-state index in [0.717, 1.165) is 32.1 Å². The normalized spacial score (nSPS) is 20.9. The van der Waals surface area contributed by atoms with Gasteiger partial charge in [-0.2, -0.15) is 0 Å². The van der Waals surface area contributed by atoms with Gasteiger partial charge in [0.2, 0.25) is 11.8 Å². The minimum absolute atomic E-state index is 0.0591. The monoisotopic (exact) mass is 384 g/mol. The van der Waals surface area contributed by atoms with Crippen LogP contribution in [0.5, 0.6) is 0 Å². The smallest absolute Gasteiger partial charge is 0.246 e. The van der Waals surface area contributed by atoms with Crippen molar-refractivity contribution in [1.29, 1.82) is 0 Å². The first-order chi connectivity index (χ1) is 12.8. The van der Waals surface area contributed by atoms with Gasteiger partial charge >= 0.3 is 0 Å². The molecule has 1 rings (SSSR count). The van der Waals surface area contributed by atoms with Crippen LogP contribution in [-0.4, -0.2) is 56.1 Å². The number of rotatable bonds is 12. The molecule has 0 aromatic carbocycles. The molecule has 0 aromatic rings. The average Bonchev–Trinajstić information content (AvgIpc) is 2.65. The predicted octanol–water partition coefficient (Wildman–Crippen LogP) is 1.83. The molecule has 2 amide bonds. The molecule has 1 aliphatic carbocycles. The second kappa shape index (κ2) is 12.8. The van der Waals surface area contributed by atoms with Gasteiger partial charge in [-0.15, -0.1) is 0 Å². The number of ether oxygens (including phenoxy) is 2. The Bertz CT molecular complexity index is 473. The van der Waals surface area contributed by atoms with Gasteiger partial charge in [0.05, 0.1) is 25.9 Å². The number of Topliss-reactive ketones (excluding diaryl/α,β-unsaturated/α-hetero) is 1. The first-order valence-electron chi connectivity index (χ1n) is 10.1. The molecular formula is C20H36N2O5. The van der Waals surface area contributed by atoms with Gasteiger partial charge in [0.1, 0.15) is 12.4 Å². The maximum Gasteiger partial charge on any atom is 0.246 e. The average molecular weight is 385 g/mol. The maximum atomic E-state index is 12.2. The molecule has 1 atom stereocenters. The summed E-state index contributed by atoms with van der Waals surface area (Å²) in [6.07, 6.45) is 4.29. The SMILES string of the molecule is CCC(C)C(=O)C1CCC(NC(=O)CNC(=O)COCCOC(C)C)CC1. The van der Waals surface area contributed by atoms with Crippen LogP contribution in [0.25, 0.3) is 0 Å². The Hall–Kier alpha value is -1.47. The highest BCUT2D eigenvalue weighted by Crippen LogP contribution is 2.27. The third-order valence-electron chi connectivity index (χ3n) is 4.95. The van der Waals surface area contributed by atoms with Crippen LogP contribution in [0, 0.1) is 11.8 Å². The van der Waals surface area contributed by atoms with E-state index in [-0.39, 0.29) is 48.9 Å². The van der Waals surface area contributed by atoms with Gasteiger partial charge in [-0.05, 0) is 46.0 Å². The van der Waals surface area contributed by atoms with Crippen molar-refractivity contribution in [1.82, 2.24) is 10.6 Å². The van der Waals surface area contributed by atoms with E-state index in [1.807, 2.05) is 27.7 Å². The number of nitrogens with one attached hydrogen (secondary N) is 2. The highest BCUT2D eigenvalue weighted by atomic mass is 16.5. The number of hydrogen-bond acceptors (Lipinski definition) is 5. The predicted molar refractivity (Wildman–Crippen MR) is 103 cm³/mol. The summed E-state index contributed by atoms with van der Waals surface area (Å²) in [6, 6.07) is 0.0832. The van der Waals surface area contributed by atoms with Crippen molar-refractivity contribution in [3.63, 3.8) is 0 Å². The Labute approximate surface area is 162 Å². The molecule has 1 aliphatic rings.